The normalized spacial score (nSPS) is 12.1. The molecule has 0 heterocycles. The Hall–Kier alpha value is -3.27. The summed E-state index contributed by atoms with van der Waals surface area (Å²) in [6, 6.07) is 19.5. The van der Waals surface area contributed by atoms with E-state index < -0.39 is 28.5 Å². The van der Waals surface area contributed by atoms with Crippen molar-refractivity contribution >= 4 is 50.7 Å². The molecule has 220 valence electrons. The van der Waals surface area contributed by atoms with E-state index in [0.29, 0.717) is 33.7 Å². The minimum absolute atomic E-state index is 0.0429. The standard InChI is InChI=1S/C30H35Cl2N3O5S/c1-5-40-26-15-13-25(14-16-26)35(41(4,38)39)20-29(36)34(19-23-11-12-24(31)18-27(23)32)28(30(37)33-21(2)3)17-22-9-7-6-8-10-22/h6-16,18,21,28H,5,17,19-20H2,1-4H3,(H,33,37)/t28-/m0/s1. The Bertz CT molecular complexity index is 1430. The maximum atomic E-state index is 14.1. The van der Waals surface area contributed by atoms with Crippen LogP contribution >= 0.6 is 23.2 Å². The Kier molecular flexibility index (Phi) is 11.5. The minimum atomic E-state index is -3.88. The fourth-order valence-corrected chi connectivity index (χ4v) is 5.57. The number of anilines is 1. The van der Waals surface area contributed by atoms with Crippen LogP contribution in [0.5, 0.6) is 5.75 Å². The third-order valence-corrected chi connectivity index (χ3v) is 7.90. The number of nitrogens with one attached hydrogen (secondary N) is 1. The summed E-state index contributed by atoms with van der Waals surface area (Å²) in [5.74, 6) is -0.368. The fraction of sp³-hybridized carbons (Fsp3) is 0.333. The third-order valence-electron chi connectivity index (χ3n) is 6.17. The number of amides is 2. The van der Waals surface area contributed by atoms with Crippen LogP contribution in [0.2, 0.25) is 10.0 Å². The second-order valence-electron chi connectivity index (χ2n) is 9.82. The highest BCUT2D eigenvalue weighted by Crippen LogP contribution is 2.26. The lowest BCUT2D eigenvalue weighted by Crippen LogP contribution is -2.54. The van der Waals surface area contributed by atoms with Gasteiger partial charge in [0.2, 0.25) is 21.8 Å². The van der Waals surface area contributed by atoms with Crippen LogP contribution in [0.1, 0.15) is 31.9 Å². The van der Waals surface area contributed by atoms with Crippen LogP contribution in [-0.4, -0.2) is 56.6 Å². The lowest BCUT2D eigenvalue weighted by Gasteiger charge is -2.34. The van der Waals surface area contributed by atoms with E-state index in [-0.39, 0.29) is 24.9 Å². The number of rotatable bonds is 13. The molecule has 0 aliphatic rings. The van der Waals surface area contributed by atoms with Gasteiger partial charge in [-0.2, -0.15) is 0 Å². The summed E-state index contributed by atoms with van der Waals surface area (Å²) in [6.45, 7) is 5.39. The molecule has 2 amide bonds. The lowest BCUT2D eigenvalue weighted by atomic mass is 10.0. The Morgan fingerprint density at radius 1 is 0.976 bits per heavy atom. The zero-order chi connectivity index (χ0) is 30.2. The molecule has 3 aromatic rings. The van der Waals surface area contributed by atoms with Gasteiger partial charge in [-0.1, -0.05) is 59.6 Å². The van der Waals surface area contributed by atoms with Crippen molar-refractivity contribution in [3.8, 4) is 5.75 Å². The highest BCUT2D eigenvalue weighted by molar-refractivity contribution is 7.92. The van der Waals surface area contributed by atoms with Gasteiger partial charge in [0.1, 0.15) is 18.3 Å². The number of carbonyl (C=O) groups excluding carboxylic acids is 2. The molecule has 0 unspecified atom stereocenters. The summed E-state index contributed by atoms with van der Waals surface area (Å²) in [5, 5.41) is 3.66. The molecule has 11 heteroatoms. The molecule has 0 aliphatic heterocycles. The molecule has 0 aromatic heterocycles. The summed E-state index contributed by atoms with van der Waals surface area (Å²) in [4.78, 5) is 29.1. The Morgan fingerprint density at radius 3 is 2.20 bits per heavy atom. The summed E-state index contributed by atoms with van der Waals surface area (Å²) < 4.78 is 32.3. The average Bonchev–Trinajstić information content (AvgIpc) is 2.90. The maximum Gasteiger partial charge on any atom is 0.244 e. The van der Waals surface area contributed by atoms with E-state index in [4.69, 9.17) is 27.9 Å². The summed E-state index contributed by atoms with van der Waals surface area (Å²) in [7, 11) is -3.88. The van der Waals surface area contributed by atoms with Crippen LogP contribution < -0.4 is 14.4 Å². The molecule has 8 nitrogen and oxygen atoms in total. The lowest BCUT2D eigenvalue weighted by molar-refractivity contribution is -0.140. The van der Waals surface area contributed by atoms with Crippen molar-refractivity contribution in [3.05, 3.63) is 94.0 Å². The van der Waals surface area contributed by atoms with Gasteiger partial charge in [-0.15, -0.1) is 0 Å². The van der Waals surface area contributed by atoms with Crippen LogP contribution in [0.15, 0.2) is 72.8 Å². The van der Waals surface area contributed by atoms with E-state index in [9.17, 15) is 18.0 Å². The molecule has 3 aromatic carbocycles. The number of carbonyl (C=O) groups is 2. The highest BCUT2D eigenvalue weighted by Gasteiger charge is 2.33. The molecule has 41 heavy (non-hydrogen) atoms. The van der Waals surface area contributed by atoms with E-state index in [0.717, 1.165) is 16.1 Å². The number of sulfonamides is 1. The molecule has 0 spiro atoms. The van der Waals surface area contributed by atoms with Gasteiger partial charge in [-0.05, 0) is 68.3 Å². The molecule has 0 saturated heterocycles. The van der Waals surface area contributed by atoms with Gasteiger partial charge in [0.25, 0.3) is 0 Å². The molecule has 0 radical (unpaired) electrons. The molecular weight excluding hydrogens is 585 g/mol. The summed E-state index contributed by atoms with van der Waals surface area (Å²) in [5.41, 5.74) is 1.69. The number of hydrogen-bond donors (Lipinski definition) is 1. The topological polar surface area (TPSA) is 96.0 Å². The number of hydrogen-bond acceptors (Lipinski definition) is 5. The molecule has 1 atom stereocenters. The van der Waals surface area contributed by atoms with Gasteiger partial charge in [0, 0.05) is 29.1 Å². The quantitative estimate of drug-likeness (QED) is 0.279. The SMILES string of the molecule is CCOc1ccc(N(CC(=O)N(Cc2ccc(Cl)cc2Cl)[C@@H](Cc2ccccc2)C(=O)NC(C)C)S(C)(=O)=O)cc1. The second kappa shape index (κ2) is 14.6. The van der Waals surface area contributed by atoms with Crippen LogP contribution in [0.25, 0.3) is 0 Å². The number of halogens is 2. The number of ether oxygens (including phenoxy) is 1. The largest absolute Gasteiger partial charge is 0.494 e. The van der Waals surface area contributed by atoms with Crippen molar-refractivity contribution in [3.63, 3.8) is 0 Å². The Morgan fingerprint density at radius 2 is 1.63 bits per heavy atom. The van der Waals surface area contributed by atoms with Gasteiger partial charge < -0.3 is 15.0 Å². The van der Waals surface area contributed by atoms with E-state index in [1.165, 1.54) is 4.90 Å². The van der Waals surface area contributed by atoms with Crippen LogP contribution in [0.3, 0.4) is 0 Å². The van der Waals surface area contributed by atoms with E-state index in [2.05, 4.69) is 5.32 Å². The summed E-state index contributed by atoms with van der Waals surface area (Å²) in [6.07, 6.45) is 1.24. The molecule has 0 fully saturated rings. The first-order valence-electron chi connectivity index (χ1n) is 13.2. The van der Waals surface area contributed by atoms with Crippen LogP contribution in [0, 0.1) is 0 Å². The molecule has 0 bridgehead atoms. The van der Waals surface area contributed by atoms with Gasteiger partial charge in [-0.3, -0.25) is 13.9 Å². The van der Waals surface area contributed by atoms with Crippen molar-refractivity contribution in [1.82, 2.24) is 10.2 Å². The fourth-order valence-electron chi connectivity index (χ4n) is 4.26. The predicted octanol–water partition coefficient (Wildman–Crippen LogP) is 5.32. The van der Waals surface area contributed by atoms with Crippen molar-refractivity contribution < 1.29 is 22.7 Å². The van der Waals surface area contributed by atoms with Crippen molar-refractivity contribution in [1.29, 1.82) is 0 Å². The van der Waals surface area contributed by atoms with Gasteiger partial charge in [0.15, 0.2) is 0 Å². The smallest absolute Gasteiger partial charge is 0.244 e. The average molecular weight is 621 g/mol. The molecule has 3 rings (SSSR count). The van der Waals surface area contributed by atoms with E-state index in [1.807, 2.05) is 51.1 Å². The van der Waals surface area contributed by atoms with Gasteiger partial charge in [-0.25, -0.2) is 8.42 Å². The van der Waals surface area contributed by atoms with Crippen molar-refractivity contribution in [2.75, 3.05) is 23.7 Å². The predicted molar refractivity (Wildman–Crippen MR) is 164 cm³/mol. The molecular formula is C30H35Cl2N3O5S. The van der Waals surface area contributed by atoms with Crippen molar-refractivity contribution in [2.45, 2.75) is 45.8 Å². The first-order chi connectivity index (χ1) is 19.4. The number of benzene rings is 3. The van der Waals surface area contributed by atoms with Gasteiger partial charge in [0.05, 0.1) is 18.6 Å². The van der Waals surface area contributed by atoms with Gasteiger partial charge >= 0.3 is 0 Å². The highest BCUT2D eigenvalue weighted by atomic mass is 35.5. The zero-order valence-electron chi connectivity index (χ0n) is 23.5. The third kappa shape index (κ3) is 9.38. The molecule has 0 aliphatic carbocycles. The van der Waals surface area contributed by atoms with E-state index >= 15 is 0 Å². The molecule has 0 saturated carbocycles. The Labute approximate surface area is 252 Å². The zero-order valence-corrected chi connectivity index (χ0v) is 25.8. The minimum Gasteiger partial charge on any atom is -0.494 e. The maximum absolute atomic E-state index is 14.1. The number of nitrogens with zero attached hydrogens (tertiary/aromatic N) is 2. The van der Waals surface area contributed by atoms with Crippen LogP contribution in [0.4, 0.5) is 5.69 Å². The molecule has 1 N–H and O–H groups in total. The Balaban J connectivity index is 2.06. The monoisotopic (exact) mass is 619 g/mol. The second-order valence-corrected chi connectivity index (χ2v) is 12.6. The summed E-state index contributed by atoms with van der Waals surface area (Å²) >= 11 is 12.6. The van der Waals surface area contributed by atoms with E-state index in [1.54, 1.807) is 42.5 Å². The van der Waals surface area contributed by atoms with Crippen LogP contribution in [-0.2, 0) is 32.6 Å². The first-order valence-corrected chi connectivity index (χ1v) is 15.8. The van der Waals surface area contributed by atoms with Crippen molar-refractivity contribution in [2.24, 2.45) is 0 Å². The first kappa shape index (κ1) is 32.2.